The molecule has 0 saturated heterocycles. The molecule has 0 aliphatic heterocycles. The number of aliphatic hydroxyl groups is 1. The molecule has 0 amide bonds. The second-order valence-electron chi connectivity index (χ2n) is 5.89. The molecule has 0 bridgehead atoms. The number of hydrogen-bond acceptors (Lipinski definition) is 3. The van der Waals surface area contributed by atoms with Crippen molar-refractivity contribution in [2.24, 2.45) is 0 Å². The lowest BCUT2D eigenvalue weighted by molar-refractivity contribution is 0.0936. The zero-order valence-corrected chi connectivity index (χ0v) is 13.5. The summed E-state index contributed by atoms with van der Waals surface area (Å²) in [6, 6.07) is 13.6. The molecule has 0 aliphatic rings. The molecule has 3 nitrogen and oxygen atoms in total. The molecular weight excluding hydrogens is 293 g/mol. The predicted molar refractivity (Wildman–Crippen MR) is 88.8 cm³/mol. The van der Waals surface area contributed by atoms with E-state index in [-0.39, 0.29) is 24.2 Å². The molecule has 0 saturated carbocycles. The Bertz CT molecular complexity index is 670. The summed E-state index contributed by atoms with van der Waals surface area (Å²) in [4.78, 5) is 14.4. The van der Waals surface area contributed by atoms with Crippen molar-refractivity contribution in [2.75, 3.05) is 14.1 Å². The molecule has 1 atom stereocenters. The Morgan fingerprint density at radius 2 is 1.78 bits per heavy atom. The molecule has 0 fully saturated rings. The number of rotatable bonds is 7. The van der Waals surface area contributed by atoms with Crippen LogP contribution in [0.25, 0.3) is 0 Å². The molecule has 0 aromatic heterocycles. The van der Waals surface area contributed by atoms with Crippen molar-refractivity contribution in [2.45, 2.75) is 25.5 Å². The zero-order valence-electron chi connectivity index (χ0n) is 13.5. The van der Waals surface area contributed by atoms with Gasteiger partial charge in [-0.15, -0.1) is 0 Å². The fraction of sp³-hybridized carbons (Fsp3) is 0.316. The van der Waals surface area contributed by atoms with Crippen LogP contribution in [0.2, 0.25) is 0 Å². The van der Waals surface area contributed by atoms with Crippen LogP contribution < -0.4 is 0 Å². The van der Waals surface area contributed by atoms with Gasteiger partial charge in [-0.3, -0.25) is 4.79 Å². The highest BCUT2D eigenvalue weighted by atomic mass is 19.1. The van der Waals surface area contributed by atoms with E-state index in [1.54, 1.807) is 24.3 Å². The van der Waals surface area contributed by atoms with Crippen LogP contribution in [0, 0.1) is 5.82 Å². The maximum absolute atomic E-state index is 13.6. The largest absolute Gasteiger partial charge is 0.388 e. The van der Waals surface area contributed by atoms with Gasteiger partial charge in [0, 0.05) is 24.1 Å². The zero-order chi connectivity index (χ0) is 16.8. The molecular formula is C19H22FNO2. The third kappa shape index (κ3) is 4.71. The highest BCUT2D eigenvalue weighted by Gasteiger charge is 2.16. The number of benzene rings is 2. The van der Waals surface area contributed by atoms with Gasteiger partial charge in [0.1, 0.15) is 5.82 Å². The van der Waals surface area contributed by atoms with Crippen LogP contribution in [0.15, 0.2) is 48.5 Å². The number of halogens is 1. The maximum atomic E-state index is 13.6. The van der Waals surface area contributed by atoms with Crippen LogP contribution in [-0.2, 0) is 6.54 Å². The van der Waals surface area contributed by atoms with Gasteiger partial charge in [0.2, 0.25) is 0 Å². The van der Waals surface area contributed by atoms with Crippen molar-refractivity contribution in [1.82, 2.24) is 4.90 Å². The lowest BCUT2D eigenvalue weighted by Crippen LogP contribution is -2.14. The van der Waals surface area contributed by atoms with Gasteiger partial charge in [0.15, 0.2) is 5.78 Å². The minimum Gasteiger partial charge on any atom is -0.388 e. The summed E-state index contributed by atoms with van der Waals surface area (Å²) < 4.78 is 13.6. The number of hydrogen-bond donors (Lipinski definition) is 1. The van der Waals surface area contributed by atoms with E-state index in [0.717, 1.165) is 5.56 Å². The fourth-order valence-corrected chi connectivity index (χ4v) is 2.57. The number of aliphatic hydroxyl groups excluding tert-OH is 1. The lowest BCUT2D eigenvalue weighted by Gasteiger charge is -2.15. The Hall–Kier alpha value is -2.04. The average Bonchev–Trinajstić information content (AvgIpc) is 2.52. The van der Waals surface area contributed by atoms with Gasteiger partial charge in [-0.05, 0) is 32.1 Å². The van der Waals surface area contributed by atoms with Crippen molar-refractivity contribution in [3.8, 4) is 0 Å². The van der Waals surface area contributed by atoms with Crippen LogP contribution in [0.1, 0.15) is 40.4 Å². The molecule has 0 radical (unpaired) electrons. The lowest BCUT2D eigenvalue weighted by atomic mass is 9.97. The third-order valence-electron chi connectivity index (χ3n) is 3.71. The van der Waals surface area contributed by atoms with Crippen LogP contribution in [0.5, 0.6) is 0 Å². The molecule has 2 aromatic rings. The highest BCUT2D eigenvalue weighted by molar-refractivity contribution is 5.97. The van der Waals surface area contributed by atoms with Crippen molar-refractivity contribution < 1.29 is 14.3 Å². The second-order valence-corrected chi connectivity index (χ2v) is 5.89. The molecule has 0 aliphatic carbocycles. The SMILES string of the molecule is CN(C)Cc1ccccc1C(=O)CCC(O)c1ccccc1F. The molecule has 122 valence electrons. The van der Waals surface area contributed by atoms with Crippen molar-refractivity contribution in [3.05, 3.63) is 71.0 Å². The molecule has 0 heterocycles. The van der Waals surface area contributed by atoms with Crippen LogP contribution in [0.3, 0.4) is 0 Å². The standard InChI is InChI=1S/C19H22FNO2/c1-21(2)13-14-7-3-4-8-15(14)18(22)11-12-19(23)16-9-5-6-10-17(16)20/h3-10,19,23H,11-13H2,1-2H3. The minimum absolute atomic E-state index is 0.0298. The number of carbonyl (C=O) groups excluding carboxylic acids is 1. The highest BCUT2D eigenvalue weighted by Crippen LogP contribution is 2.23. The van der Waals surface area contributed by atoms with E-state index < -0.39 is 11.9 Å². The summed E-state index contributed by atoms with van der Waals surface area (Å²) in [7, 11) is 3.90. The van der Waals surface area contributed by atoms with Gasteiger partial charge < -0.3 is 10.0 Å². The third-order valence-corrected chi connectivity index (χ3v) is 3.71. The quantitative estimate of drug-likeness (QED) is 0.794. The van der Waals surface area contributed by atoms with Gasteiger partial charge in [0.05, 0.1) is 6.10 Å². The second kappa shape index (κ2) is 7.99. The van der Waals surface area contributed by atoms with E-state index in [1.807, 2.05) is 37.2 Å². The maximum Gasteiger partial charge on any atom is 0.163 e. The smallest absolute Gasteiger partial charge is 0.163 e. The van der Waals surface area contributed by atoms with Gasteiger partial charge in [-0.1, -0.05) is 42.5 Å². The fourth-order valence-electron chi connectivity index (χ4n) is 2.57. The normalized spacial score (nSPS) is 12.4. The summed E-state index contributed by atoms with van der Waals surface area (Å²) in [5.74, 6) is -0.474. The summed E-state index contributed by atoms with van der Waals surface area (Å²) in [6.45, 7) is 0.678. The Morgan fingerprint density at radius 1 is 1.13 bits per heavy atom. The topological polar surface area (TPSA) is 40.5 Å². The molecule has 2 aromatic carbocycles. The monoisotopic (exact) mass is 315 g/mol. The predicted octanol–water partition coefficient (Wildman–Crippen LogP) is 3.58. The average molecular weight is 315 g/mol. The van der Waals surface area contributed by atoms with E-state index >= 15 is 0 Å². The summed E-state index contributed by atoms with van der Waals surface area (Å²) >= 11 is 0. The molecule has 0 spiro atoms. The Balaban J connectivity index is 2.04. The summed E-state index contributed by atoms with van der Waals surface area (Å²) in [6.07, 6.45) is -0.586. The van der Waals surface area contributed by atoms with Crippen LogP contribution in [-0.4, -0.2) is 29.9 Å². The molecule has 1 unspecified atom stereocenters. The Labute approximate surface area is 136 Å². The Morgan fingerprint density at radius 3 is 2.48 bits per heavy atom. The van der Waals surface area contributed by atoms with E-state index in [0.29, 0.717) is 12.1 Å². The van der Waals surface area contributed by atoms with E-state index in [9.17, 15) is 14.3 Å². The van der Waals surface area contributed by atoms with Gasteiger partial charge in [0.25, 0.3) is 0 Å². The van der Waals surface area contributed by atoms with Gasteiger partial charge >= 0.3 is 0 Å². The molecule has 4 heteroatoms. The Kier molecular flexibility index (Phi) is 6.02. The number of carbonyl (C=O) groups is 1. The minimum atomic E-state index is -0.971. The van der Waals surface area contributed by atoms with Crippen LogP contribution >= 0.6 is 0 Å². The van der Waals surface area contributed by atoms with Gasteiger partial charge in [-0.25, -0.2) is 4.39 Å². The van der Waals surface area contributed by atoms with E-state index in [2.05, 4.69) is 0 Å². The van der Waals surface area contributed by atoms with Crippen molar-refractivity contribution >= 4 is 5.78 Å². The molecule has 23 heavy (non-hydrogen) atoms. The number of Topliss-reactive ketones (excluding diaryl/α,β-unsaturated/α-hetero) is 1. The molecule has 2 rings (SSSR count). The van der Waals surface area contributed by atoms with Crippen LogP contribution in [0.4, 0.5) is 4.39 Å². The molecule has 1 N–H and O–H groups in total. The summed E-state index contributed by atoms with van der Waals surface area (Å²) in [5, 5.41) is 10.1. The van der Waals surface area contributed by atoms with E-state index in [4.69, 9.17) is 0 Å². The van der Waals surface area contributed by atoms with Gasteiger partial charge in [-0.2, -0.15) is 0 Å². The van der Waals surface area contributed by atoms with Crippen molar-refractivity contribution in [3.63, 3.8) is 0 Å². The first-order valence-corrected chi connectivity index (χ1v) is 7.67. The first-order valence-electron chi connectivity index (χ1n) is 7.67. The first kappa shape index (κ1) is 17.3. The summed E-state index contributed by atoms with van der Waals surface area (Å²) in [5.41, 5.74) is 1.87. The first-order chi connectivity index (χ1) is 11.0. The van der Waals surface area contributed by atoms with Crippen molar-refractivity contribution in [1.29, 1.82) is 0 Å². The number of nitrogens with zero attached hydrogens (tertiary/aromatic N) is 1. The van der Waals surface area contributed by atoms with E-state index in [1.165, 1.54) is 6.07 Å². The number of ketones is 1.